The van der Waals surface area contributed by atoms with Gasteiger partial charge in [-0.15, -0.1) is 0 Å². The molecule has 0 aliphatic heterocycles. The molecule has 2 aromatic carbocycles. The maximum atomic E-state index is 12.8. The number of aromatic carboxylic acids is 1. The van der Waals surface area contributed by atoms with Gasteiger partial charge in [0.05, 0.1) is 5.56 Å². The molecule has 0 bridgehead atoms. The minimum atomic E-state index is -1.14. The van der Waals surface area contributed by atoms with E-state index in [4.69, 9.17) is 0 Å². The fraction of sp³-hybridized carbons (Fsp3) is 0.732. The number of carboxylic acid groups (broad SMARTS) is 1. The number of unbranched alkanes of at least 4 members (excludes halogenated alkanes) is 1. The second-order valence-corrected chi connectivity index (χ2v) is 42.3. The molecule has 0 amide bonds. The van der Waals surface area contributed by atoms with Gasteiger partial charge >= 0.3 is 5.97 Å². The zero-order chi connectivity index (χ0) is 44.5. The number of carbonyl (C=O) groups is 1. The summed E-state index contributed by atoms with van der Waals surface area (Å²) in [4.78, 5) is 12.8. The highest BCUT2D eigenvalue weighted by molar-refractivity contribution is 6.95. The molecular weight excluding hydrogens is 789 g/mol. The first-order valence-electron chi connectivity index (χ1n) is 25.7. The van der Waals surface area contributed by atoms with Crippen LogP contribution in [0.15, 0.2) is 54.1 Å². The van der Waals surface area contributed by atoms with Crippen LogP contribution in [0, 0.1) is 46.3 Å². The molecule has 0 heterocycles. The Bertz CT molecular complexity index is 1820. The standard InChI is InChI=1S/C56H92O2Si3/c1-40(2)17-16-18-41(3)51-28-29-52-49-27-25-47-37-46(30-32-55(47,5)53(49)31-33-56(51,52)6)50-38-45(24-26-48(50)54(57)58)42(4)44-22-20-43(21-23-44)19-14-15-34-60(10,11)35-36-61(12,13)39-59(7,8)9/h20-26,38,40-42,46,49,51-53H,14-19,27-37,39H2,1-13H3,(H,57,58)/t41-,42?,46+,49+,51-,52+,53+,55+,56-/m1/s1. The molecule has 4 aliphatic rings. The molecule has 4 aliphatic carbocycles. The van der Waals surface area contributed by atoms with Crippen LogP contribution < -0.4 is 0 Å². The number of benzene rings is 2. The van der Waals surface area contributed by atoms with Crippen molar-refractivity contribution in [3.63, 3.8) is 0 Å². The van der Waals surface area contributed by atoms with Crippen molar-refractivity contribution in [3.05, 3.63) is 81.9 Å². The fourth-order valence-corrected chi connectivity index (χ4v) is 33.8. The van der Waals surface area contributed by atoms with Crippen molar-refractivity contribution >= 4 is 30.2 Å². The third-order valence-electron chi connectivity index (χ3n) is 18.1. The first-order chi connectivity index (χ1) is 28.5. The third-order valence-corrected chi connectivity index (χ3v) is 31.6. The van der Waals surface area contributed by atoms with Gasteiger partial charge in [-0.2, -0.15) is 0 Å². The number of fused-ring (bicyclic) bond motifs is 5. The summed E-state index contributed by atoms with van der Waals surface area (Å²) < 4.78 is 0. The minimum Gasteiger partial charge on any atom is -0.478 e. The summed E-state index contributed by atoms with van der Waals surface area (Å²) >= 11 is 0. The normalized spacial score (nSPS) is 29.1. The molecule has 0 spiro atoms. The van der Waals surface area contributed by atoms with E-state index in [1.54, 1.807) is 11.2 Å². The van der Waals surface area contributed by atoms with E-state index in [0.717, 1.165) is 53.9 Å². The molecule has 1 unspecified atom stereocenters. The number of rotatable bonds is 19. The Morgan fingerprint density at radius 2 is 1.44 bits per heavy atom. The first kappa shape index (κ1) is 48.8. The van der Waals surface area contributed by atoms with Crippen LogP contribution in [-0.2, 0) is 6.42 Å². The molecule has 2 nitrogen and oxygen atoms in total. The van der Waals surface area contributed by atoms with E-state index in [2.05, 4.69) is 130 Å². The highest BCUT2D eigenvalue weighted by atomic mass is 28.4. The molecule has 61 heavy (non-hydrogen) atoms. The monoisotopic (exact) mass is 881 g/mol. The maximum Gasteiger partial charge on any atom is 0.335 e. The van der Waals surface area contributed by atoms with Crippen LogP contribution in [-0.4, -0.2) is 35.3 Å². The average Bonchev–Trinajstić information content (AvgIpc) is 3.54. The van der Waals surface area contributed by atoms with Crippen molar-refractivity contribution in [1.29, 1.82) is 0 Å². The van der Waals surface area contributed by atoms with Gasteiger partial charge in [0.1, 0.15) is 0 Å². The molecule has 6 rings (SSSR count). The van der Waals surface area contributed by atoms with Crippen molar-refractivity contribution in [2.45, 2.75) is 213 Å². The molecule has 2 aromatic rings. The van der Waals surface area contributed by atoms with E-state index in [1.807, 2.05) is 6.07 Å². The Morgan fingerprint density at radius 1 is 0.754 bits per heavy atom. The Hall–Kier alpha value is -1.70. The molecule has 3 saturated carbocycles. The molecule has 3 fully saturated rings. The highest BCUT2D eigenvalue weighted by Crippen LogP contribution is 2.68. The second-order valence-electron chi connectivity index (χ2n) is 25.6. The van der Waals surface area contributed by atoms with Crippen molar-refractivity contribution in [1.82, 2.24) is 0 Å². The van der Waals surface area contributed by atoms with E-state index in [0.29, 0.717) is 11.0 Å². The van der Waals surface area contributed by atoms with Gasteiger partial charge in [-0.1, -0.05) is 185 Å². The first-order valence-corrected chi connectivity index (χ1v) is 36.2. The lowest BCUT2D eigenvalue weighted by Gasteiger charge is -2.58. The highest BCUT2D eigenvalue weighted by Gasteiger charge is 2.59. The quantitative estimate of drug-likeness (QED) is 0.0867. The lowest BCUT2D eigenvalue weighted by Crippen LogP contribution is -2.50. The third kappa shape index (κ3) is 11.6. The van der Waals surface area contributed by atoms with Gasteiger partial charge in [0.15, 0.2) is 0 Å². The van der Waals surface area contributed by atoms with Crippen LogP contribution in [0.2, 0.25) is 69.6 Å². The zero-order valence-corrected chi connectivity index (χ0v) is 44.8. The van der Waals surface area contributed by atoms with Crippen LogP contribution >= 0.6 is 0 Å². The van der Waals surface area contributed by atoms with E-state index in [1.165, 1.54) is 112 Å². The number of carboxylic acids is 1. The van der Waals surface area contributed by atoms with E-state index < -0.39 is 30.2 Å². The number of hydrogen-bond donors (Lipinski definition) is 1. The molecule has 0 saturated heterocycles. The summed E-state index contributed by atoms with van der Waals surface area (Å²) in [7, 11) is -3.19. The average molecular weight is 882 g/mol. The summed E-state index contributed by atoms with van der Waals surface area (Å²) in [6.07, 6.45) is 20.9. The zero-order valence-electron chi connectivity index (χ0n) is 41.8. The van der Waals surface area contributed by atoms with Gasteiger partial charge < -0.3 is 5.11 Å². The number of aryl methyl sites for hydroxylation is 1. The SMILES string of the molecule is CC(C)CCC[C@@H](C)[C@H]1CC[C@H]2[C@@H]3CC=C4C[C@@H](c5cc(C(C)c6ccc(CCCC[Si](C)(C)CC[Si](C)(C)C[Si](C)(C)C)cc6)ccc5C(=O)O)CC[C@]4(C)[C@H]3CC[C@]12C. The molecule has 340 valence electrons. The lowest BCUT2D eigenvalue weighted by molar-refractivity contribution is -0.0510. The van der Waals surface area contributed by atoms with Gasteiger partial charge in [0.2, 0.25) is 0 Å². The van der Waals surface area contributed by atoms with E-state index in [-0.39, 0.29) is 17.3 Å². The Kier molecular flexibility index (Phi) is 15.5. The Labute approximate surface area is 379 Å². The summed E-state index contributed by atoms with van der Waals surface area (Å²) in [6, 6.07) is 20.3. The van der Waals surface area contributed by atoms with Gasteiger partial charge in [0, 0.05) is 30.1 Å². The Balaban J connectivity index is 1.07. The molecule has 1 N–H and O–H groups in total. The predicted molar refractivity (Wildman–Crippen MR) is 274 cm³/mol. The molecule has 0 aromatic heterocycles. The van der Waals surface area contributed by atoms with Crippen LogP contribution in [0.3, 0.4) is 0 Å². The van der Waals surface area contributed by atoms with Crippen molar-refractivity contribution < 1.29 is 9.90 Å². The summed E-state index contributed by atoms with van der Waals surface area (Å²) in [5.74, 6) is 4.76. The van der Waals surface area contributed by atoms with Gasteiger partial charge in [-0.3, -0.25) is 0 Å². The van der Waals surface area contributed by atoms with Crippen molar-refractivity contribution in [3.8, 4) is 0 Å². The van der Waals surface area contributed by atoms with Gasteiger partial charge in [-0.05, 0) is 145 Å². The van der Waals surface area contributed by atoms with Crippen molar-refractivity contribution in [2.75, 3.05) is 0 Å². The van der Waals surface area contributed by atoms with Gasteiger partial charge in [-0.25, -0.2) is 4.79 Å². The molecule has 0 radical (unpaired) electrons. The van der Waals surface area contributed by atoms with Crippen molar-refractivity contribution in [2.24, 2.45) is 46.3 Å². The lowest BCUT2D eigenvalue weighted by atomic mass is 9.46. The summed E-state index contributed by atoms with van der Waals surface area (Å²) in [5.41, 5.74) is 9.64. The largest absolute Gasteiger partial charge is 0.478 e. The summed E-state index contributed by atoms with van der Waals surface area (Å²) in [6.45, 7) is 33.3. The van der Waals surface area contributed by atoms with Crippen LogP contribution in [0.5, 0.6) is 0 Å². The topological polar surface area (TPSA) is 37.3 Å². The maximum absolute atomic E-state index is 12.8. The molecule has 9 atom stereocenters. The number of allylic oxidation sites excluding steroid dienone is 2. The van der Waals surface area contributed by atoms with Gasteiger partial charge in [0.25, 0.3) is 0 Å². The van der Waals surface area contributed by atoms with Crippen LogP contribution in [0.25, 0.3) is 0 Å². The minimum absolute atomic E-state index is 0.226. The molecular formula is C56H92O2Si3. The van der Waals surface area contributed by atoms with Crippen LogP contribution in [0.4, 0.5) is 0 Å². The smallest absolute Gasteiger partial charge is 0.335 e. The second kappa shape index (κ2) is 19.4. The van der Waals surface area contributed by atoms with Crippen LogP contribution in [0.1, 0.15) is 169 Å². The molecule has 5 heteroatoms. The summed E-state index contributed by atoms with van der Waals surface area (Å²) in [5, 5.41) is 10.5. The van der Waals surface area contributed by atoms with E-state index >= 15 is 0 Å². The predicted octanol–water partition coefficient (Wildman–Crippen LogP) is 17.3. The Morgan fingerprint density at radius 3 is 2.11 bits per heavy atom. The number of hydrogen-bond acceptors (Lipinski definition) is 1. The fourth-order valence-electron chi connectivity index (χ4n) is 14.8. The van der Waals surface area contributed by atoms with E-state index in [9.17, 15) is 9.90 Å².